The molecule has 0 radical (unpaired) electrons. The van der Waals surface area contributed by atoms with Gasteiger partial charge in [0.1, 0.15) is 16.8 Å². The van der Waals surface area contributed by atoms with E-state index in [0.29, 0.717) is 23.8 Å². The van der Waals surface area contributed by atoms with Crippen molar-refractivity contribution in [1.82, 2.24) is 20.2 Å². The van der Waals surface area contributed by atoms with Gasteiger partial charge in [-0.1, -0.05) is 66.2 Å². The summed E-state index contributed by atoms with van der Waals surface area (Å²) in [6.07, 6.45) is 3.36. The van der Waals surface area contributed by atoms with E-state index in [1.165, 1.54) is 0 Å². The summed E-state index contributed by atoms with van der Waals surface area (Å²) in [5.41, 5.74) is 4.44. The van der Waals surface area contributed by atoms with E-state index in [9.17, 15) is 23.6 Å². The zero-order valence-electron chi connectivity index (χ0n) is 32.5. The Morgan fingerprint density at radius 1 is 1.09 bits per heavy atom. The van der Waals surface area contributed by atoms with Crippen LogP contribution in [-0.2, 0) is 14.4 Å². The third-order valence-electron chi connectivity index (χ3n) is 8.86. The highest BCUT2D eigenvalue weighted by Crippen LogP contribution is 2.41. The van der Waals surface area contributed by atoms with Gasteiger partial charge < -0.3 is 25.3 Å². The van der Waals surface area contributed by atoms with Crippen molar-refractivity contribution in [3.63, 3.8) is 0 Å². The number of hydrogen-bond acceptors (Lipinski definition) is 8. The van der Waals surface area contributed by atoms with E-state index in [0.717, 1.165) is 70.5 Å². The van der Waals surface area contributed by atoms with E-state index in [-0.39, 0.29) is 35.7 Å². The van der Waals surface area contributed by atoms with Gasteiger partial charge in [0.2, 0.25) is 11.8 Å². The van der Waals surface area contributed by atoms with Crippen LogP contribution in [0.25, 0.3) is 21.6 Å². The molecule has 3 unspecified atom stereocenters. The molecule has 3 heterocycles. The maximum Gasteiger partial charge on any atom is 0.304 e. The van der Waals surface area contributed by atoms with Gasteiger partial charge in [-0.25, -0.2) is 4.98 Å². The van der Waals surface area contributed by atoms with Gasteiger partial charge in [-0.3, -0.25) is 19.2 Å². The molecule has 3 atom stereocenters. The molecule has 2 amide bonds. The van der Waals surface area contributed by atoms with Crippen LogP contribution in [-0.4, -0.2) is 66.0 Å². The minimum atomic E-state index is -1.11. The monoisotopic (exact) mass is 749 g/mol. The summed E-state index contributed by atoms with van der Waals surface area (Å²) in [5.74, 6) is 2.01. The molecule has 4 aromatic rings. The lowest BCUT2D eigenvalue weighted by Gasteiger charge is -2.23. The Kier molecular flexibility index (Phi) is 16.7. The van der Waals surface area contributed by atoms with Crippen molar-refractivity contribution in [2.24, 2.45) is 17.8 Å². The molecule has 2 aromatic heterocycles. The Morgan fingerprint density at radius 3 is 2.30 bits per heavy atom. The first-order valence-corrected chi connectivity index (χ1v) is 19.3. The number of aromatic amines is 1. The molecule has 2 aliphatic rings. The normalized spacial score (nSPS) is 17.1. The van der Waals surface area contributed by atoms with Crippen molar-refractivity contribution >= 4 is 45.8 Å². The third-order valence-corrected chi connectivity index (χ3v) is 9.75. The number of para-hydroxylation sites is 1. The first-order valence-electron chi connectivity index (χ1n) is 18.4. The molecule has 2 fully saturated rings. The van der Waals surface area contributed by atoms with Crippen LogP contribution >= 0.6 is 11.3 Å². The van der Waals surface area contributed by atoms with Crippen LogP contribution in [0, 0.1) is 24.7 Å². The predicted octanol–water partition coefficient (Wildman–Crippen LogP) is 8.12. The minimum Gasteiger partial charge on any atom is -0.496 e. The summed E-state index contributed by atoms with van der Waals surface area (Å²) < 4.78 is 17.0. The number of carbonyl (C=O) groups is 3. The zero-order valence-corrected chi connectivity index (χ0v) is 33.4. The summed E-state index contributed by atoms with van der Waals surface area (Å²) in [6.45, 7) is 15.5. The highest BCUT2D eigenvalue weighted by molar-refractivity contribution is 7.13. The summed E-state index contributed by atoms with van der Waals surface area (Å²) in [5, 5.41) is 9.24. The van der Waals surface area contributed by atoms with Crippen LogP contribution in [0.15, 0.2) is 58.7 Å². The maximum atomic E-state index is 12.4. The molecule has 0 bridgehead atoms. The maximum absolute atomic E-state index is 12.4. The number of ether oxygens (including phenoxy) is 1. The molecule has 2 aromatic carbocycles. The molecule has 0 spiro atoms. The second-order valence-electron chi connectivity index (χ2n) is 14.2. The van der Waals surface area contributed by atoms with E-state index in [1.807, 2.05) is 55.6 Å². The fourth-order valence-electron chi connectivity index (χ4n) is 5.77. The number of methoxy groups -OCH3 is 1. The van der Waals surface area contributed by atoms with Gasteiger partial charge in [0.15, 0.2) is 5.43 Å². The molecule has 1 saturated carbocycles. The van der Waals surface area contributed by atoms with Crippen molar-refractivity contribution in [2.45, 2.75) is 86.1 Å². The number of likely N-dealkylation sites (tertiary alicyclic amines) is 1. The Labute approximate surface area is 316 Å². The molecule has 3 N–H and O–H groups in total. The largest absolute Gasteiger partial charge is 0.496 e. The fraction of sp³-hybridized carbons (Fsp3) is 0.488. The van der Waals surface area contributed by atoms with Crippen molar-refractivity contribution in [1.29, 1.82) is 0 Å². The molecule has 12 heteroatoms. The van der Waals surface area contributed by atoms with Crippen molar-refractivity contribution in [3.05, 3.63) is 75.4 Å². The first-order chi connectivity index (χ1) is 25.2. The predicted molar refractivity (Wildman–Crippen MR) is 213 cm³/mol. The summed E-state index contributed by atoms with van der Waals surface area (Å²) in [7, 11) is 3.23. The molecular weight excluding hydrogens is 694 g/mol. The Hall–Kier alpha value is -4.58. The van der Waals surface area contributed by atoms with Gasteiger partial charge in [0.25, 0.3) is 0 Å². The third kappa shape index (κ3) is 12.5. The SMILES string of the molecule is CC(C)C.CCC1CC1C(=O)F.CNC(=O)C1CCCN1C(=O)CNc1ccccc1.COc1ccc2c(=O)cc(-c3nc(C(C)C)cs3)[nH]c2c1C. The molecule has 6 rings (SSSR count). The highest BCUT2D eigenvalue weighted by Gasteiger charge is 2.41. The zero-order chi connectivity index (χ0) is 39.2. The van der Waals surface area contributed by atoms with Gasteiger partial charge in [-0.15, -0.1) is 11.3 Å². The van der Waals surface area contributed by atoms with Crippen LogP contribution in [0.2, 0.25) is 0 Å². The molecular formula is C41H56FN5O5S. The Morgan fingerprint density at radius 2 is 1.77 bits per heavy atom. The molecule has 53 heavy (non-hydrogen) atoms. The lowest BCUT2D eigenvalue weighted by atomic mass is 10.1. The number of fused-ring (bicyclic) bond motifs is 1. The number of hydrogen-bond donors (Lipinski definition) is 3. The number of rotatable bonds is 9. The highest BCUT2D eigenvalue weighted by atomic mass is 32.1. The van der Waals surface area contributed by atoms with Crippen LogP contribution in [0.3, 0.4) is 0 Å². The number of anilines is 1. The van der Waals surface area contributed by atoms with Gasteiger partial charge in [0.05, 0.1) is 36.5 Å². The number of thiazole rings is 1. The van der Waals surface area contributed by atoms with Crippen LogP contribution < -0.4 is 20.8 Å². The number of carbonyl (C=O) groups excluding carboxylic acids is 3. The van der Waals surface area contributed by atoms with E-state index in [2.05, 4.69) is 55.2 Å². The second kappa shape index (κ2) is 20.6. The molecule has 1 aliphatic heterocycles. The number of halogens is 1. The number of likely N-dealkylation sites (N-methyl/N-ethyl adjacent to an activating group) is 1. The number of amides is 2. The minimum absolute atomic E-state index is 0.00389. The number of H-pyrrole nitrogens is 1. The molecule has 1 saturated heterocycles. The molecule has 1 aliphatic carbocycles. The van der Waals surface area contributed by atoms with Gasteiger partial charge in [-0.2, -0.15) is 4.39 Å². The Bertz CT molecular complexity index is 1860. The smallest absolute Gasteiger partial charge is 0.304 e. The summed E-state index contributed by atoms with van der Waals surface area (Å²) >= 11 is 1.55. The quantitative estimate of drug-likeness (QED) is 0.147. The van der Waals surface area contributed by atoms with E-state index >= 15 is 0 Å². The Balaban J connectivity index is 0.000000220. The van der Waals surface area contributed by atoms with E-state index < -0.39 is 6.04 Å². The number of aromatic nitrogens is 2. The van der Waals surface area contributed by atoms with Crippen molar-refractivity contribution < 1.29 is 23.5 Å². The number of nitrogens with zero attached hydrogens (tertiary/aromatic N) is 2. The van der Waals surface area contributed by atoms with Crippen molar-refractivity contribution in [3.8, 4) is 16.5 Å². The van der Waals surface area contributed by atoms with Crippen LogP contribution in [0.1, 0.15) is 84.4 Å². The topological polar surface area (TPSA) is 133 Å². The first kappa shape index (κ1) is 42.8. The lowest BCUT2D eigenvalue weighted by molar-refractivity contribution is -0.136. The second-order valence-corrected chi connectivity index (χ2v) is 15.1. The number of nitrogens with one attached hydrogen (secondary N) is 3. The van der Waals surface area contributed by atoms with Gasteiger partial charge >= 0.3 is 6.04 Å². The number of pyridine rings is 1. The molecule has 288 valence electrons. The average Bonchev–Trinajstić information content (AvgIpc) is 3.49. The number of benzene rings is 2. The standard InChI is InChI=1S/C17H18N2O2S.C14H19N3O2.C6H9FO.C4H10/c1-9(2)13-8-22-17(19-13)12-7-14(20)11-5-6-15(21-4)10(3)16(11)18-12;1-15-14(19)12-8-5-9-17(12)13(18)10-16-11-6-3-2-4-7-11;1-2-4-3-5(4)6(7)8;1-4(2)3/h5-9H,1-4H3,(H,18,20);2-4,6-7,12,16H,5,8-10H2,1H3,(H,15,19);4-5H,2-3H2,1H3;4H,1-3H3. The lowest BCUT2D eigenvalue weighted by Crippen LogP contribution is -2.46. The molecule has 10 nitrogen and oxygen atoms in total. The van der Waals surface area contributed by atoms with Crippen molar-refractivity contribution in [2.75, 3.05) is 32.6 Å². The van der Waals surface area contributed by atoms with E-state index in [4.69, 9.17) is 4.74 Å². The number of aryl methyl sites for hydroxylation is 1. The van der Waals surface area contributed by atoms with E-state index in [1.54, 1.807) is 42.5 Å². The van der Waals surface area contributed by atoms with Crippen LogP contribution in [0.4, 0.5) is 10.1 Å². The summed E-state index contributed by atoms with van der Waals surface area (Å²) in [6, 6.07) is 13.4. The van der Waals surface area contributed by atoms with Gasteiger partial charge in [0, 0.05) is 41.7 Å². The fourth-order valence-corrected chi connectivity index (χ4v) is 6.72. The van der Waals surface area contributed by atoms with Crippen LogP contribution in [0.5, 0.6) is 5.75 Å². The summed E-state index contributed by atoms with van der Waals surface area (Å²) in [4.78, 5) is 55.7. The average molecular weight is 750 g/mol. The van der Waals surface area contributed by atoms with Gasteiger partial charge in [-0.05, 0) is 68.2 Å².